The van der Waals surface area contributed by atoms with Gasteiger partial charge in [-0.15, -0.1) is 0 Å². The average Bonchev–Trinajstić information content (AvgIpc) is 2.71. The Morgan fingerprint density at radius 1 is 1.03 bits per heavy atom. The molecule has 174 valence electrons. The molecule has 1 heterocycles. The molecule has 4 aliphatic carbocycles. The van der Waals surface area contributed by atoms with Crippen molar-refractivity contribution in [2.45, 2.75) is 51.1 Å². The van der Waals surface area contributed by atoms with E-state index >= 15 is 0 Å². The van der Waals surface area contributed by atoms with Crippen LogP contribution < -0.4 is 4.90 Å². The van der Waals surface area contributed by atoms with Crippen molar-refractivity contribution in [3.63, 3.8) is 0 Å². The third kappa shape index (κ3) is 3.94. The Morgan fingerprint density at radius 2 is 1.59 bits per heavy atom. The maximum atomic E-state index is 13.1. The molecule has 0 spiro atoms. The fraction of sp³-hybridized carbons (Fsp3) is 0.696. The summed E-state index contributed by atoms with van der Waals surface area (Å²) in [6.45, 7) is 1.62. The van der Waals surface area contributed by atoms with Crippen LogP contribution in [-0.2, 0) is 11.0 Å². The molecular weight excluding hydrogens is 423 g/mol. The van der Waals surface area contributed by atoms with Crippen LogP contribution >= 0.6 is 0 Å². The van der Waals surface area contributed by atoms with E-state index in [0.717, 1.165) is 23.8 Å². The first-order chi connectivity index (χ1) is 15.1. The number of hydrogen-bond acceptors (Lipinski definition) is 4. The Hall–Kier alpha value is -2.32. The van der Waals surface area contributed by atoms with Crippen molar-refractivity contribution in [3.8, 4) is 0 Å². The quantitative estimate of drug-likeness (QED) is 0.484. The van der Waals surface area contributed by atoms with E-state index < -0.39 is 22.4 Å². The summed E-state index contributed by atoms with van der Waals surface area (Å²) < 4.78 is 38.9. The van der Waals surface area contributed by atoms with Crippen molar-refractivity contribution in [3.05, 3.63) is 33.9 Å². The number of nitro benzene ring substituents is 1. The molecule has 5 aliphatic rings. The first kappa shape index (κ1) is 21.5. The molecule has 9 heteroatoms. The number of halogens is 3. The van der Waals surface area contributed by atoms with Crippen molar-refractivity contribution < 1.29 is 22.9 Å². The SMILES string of the molecule is O=C(CC12CC3CC(CC(C3)C1)C2)N1CCN(c2ccc(C(F)(F)F)cc2[N+](=O)[O-])CC1. The highest BCUT2D eigenvalue weighted by Gasteiger charge is 2.51. The first-order valence-corrected chi connectivity index (χ1v) is 11.5. The van der Waals surface area contributed by atoms with Gasteiger partial charge in [-0.2, -0.15) is 13.2 Å². The van der Waals surface area contributed by atoms with Crippen LogP contribution in [0, 0.1) is 33.3 Å². The molecule has 0 N–H and O–H groups in total. The number of rotatable bonds is 4. The number of carbonyl (C=O) groups excluding carboxylic acids is 1. The predicted molar refractivity (Wildman–Crippen MR) is 112 cm³/mol. The molecule has 1 saturated heterocycles. The summed E-state index contributed by atoms with van der Waals surface area (Å²) in [7, 11) is 0. The van der Waals surface area contributed by atoms with E-state index in [9.17, 15) is 28.1 Å². The third-order valence-electron chi connectivity index (χ3n) is 8.16. The van der Waals surface area contributed by atoms with Gasteiger partial charge in [-0.05, 0) is 73.8 Å². The number of amides is 1. The van der Waals surface area contributed by atoms with Gasteiger partial charge in [0, 0.05) is 38.7 Å². The molecule has 1 aromatic carbocycles. The summed E-state index contributed by atoms with van der Waals surface area (Å²) in [5.74, 6) is 2.51. The zero-order valence-electron chi connectivity index (χ0n) is 17.9. The molecule has 6 nitrogen and oxygen atoms in total. The molecule has 6 rings (SSSR count). The lowest BCUT2D eigenvalue weighted by Crippen LogP contribution is -2.52. The van der Waals surface area contributed by atoms with Crippen LogP contribution in [0.4, 0.5) is 24.5 Å². The van der Waals surface area contributed by atoms with Crippen LogP contribution in [0.25, 0.3) is 0 Å². The molecule has 0 unspecified atom stereocenters. The molecular formula is C23H28F3N3O3. The lowest BCUT2D eigenvalue weighted by atomic mass is 9.49. The zero-order valence-corrected chi connectivity index (χ0v) is 17.9. The third-order valence-corrected chi connectivity index (χ3v) is 8.16. The van der Waals surface area contributed by atoms with Gasteiger partial charge >= 0.3 is 6.18 Å². The van der Waals surface area contributed by atoms with Crippen molar-refractivity contribution in [2.75, 3.05) is 31.1 Å². The largest absolute Gasteiger partial charge is 0.416 e. The van der Waals surface area contributed by atoms with Crippen molar-refractivity contribution in [2.24, 2.45) is 23.2 Å². The number of hydrogen-bond donors (Lipinski definition) is 0. The minimum Gasteiger partial charge on any atom is -0.362 e. The number of benzene rings is 1. The van der Waals surface area contributed by atoms with Crippen LogP contribution in [-0.4, -0.2) is 41.9 Å². The summed E-state index contributed by atoms with van der Waals surface area (Å²) in [6.07, 6.45) is 3.46. The maximum absolute atomic E-state index is 13.1. The van der Waals surface area contributed by atoms with Crippen molar-refractivity contribution in [1.29, 1.82) is 0 Å². The second kappa shape index (κ2) is 7.63. The summed E-state index contributed by atoms with van der Waals surface area (Å²) >= 11 is 0. The molecule has 1 aromatic rings. The minimum absolute atomic E-state index is 0.161. The number of nitro groups is 1. The van der Waals surface area contributed by atoms with E-state index in [4.69, 9.17) is 0 Å². The molecule has 0 atom stereocenters. The van der Waals surface area contributed by atoms with E-state index in [0.29, 0.717) is 38.7 Å². The van der Waals surface area contributed by atoms with Gasteiger partial charge in [0.15, 0.2) is 0 Å². The summed E-state index contributed by atoms with van der Waals surface area (Å²) in [5, 5.41) is 11.4. The van der Waals surface area contributed by atoms with Crippen molar-refractivity contribution >= 4 is 17.3 Å². The molecule has 4 saturated carbocycles. The summed E-state index contributed by atoms with van der Waals surface area (Å²) in [4.78, 5) is 27.3. The number of piperazine rings is 1. The van der Waals surface area contributed by atoms with Gasteiger partial charge in [0.2, 0.25) is 5.91 Å². The molecule has 32 heavy (non-hydrogen) atoms. The van der Waals surface area contributed by atoms with Crippen LogP contribution in [0.5, 0.6) is 0 Å². The smallest absolute Gasteiger partial charge is 0.362 e. The Bertz CT molecular complexity index is 890. The normalized spacial score (nSPS) is 31.8. The molecule has 1 amide bonds. The molecule has 4 bridgehead atoms. The van der Waals surface area contributed by atoms with Gasteiger partial charge in [0.25, 0.3) is 5.69 Å². The standard InChI is InChI=1S/C23H28F3N3O3/c24-23(25,26)18-1-2-19(20(10-18)29(31)32)27-3-5-28(6-4-27)21(30)14-22-11-15-7-16(12-22)9-17(8-15)13-22/h1-2,10,15-17H,3-9,11-14H2. The number of nitrogens with zero attached hydrogens (tertiary/aromatic N) is 3. The number of anilines is 1. The number of carbonyl (C=O) groups is 1. The lowest BCUT2D eigenvalue weighted by molar-refractivity contribution is -0.384. The first-order valence-electron chi connectivity index (χ1n) is 11.5. The van der Waals surface area contributed by atoms with Crippen molar-refractivity contribution in [1.82, 2.24) is 4.90 Å². The minimum atomic E-state index is -4.63. The monoisotopic (exact) mass is 451 g/mol. The Kier molecular flexibility index (Phi) is 5.13. The molecule has 5 fully saturated rings. The Balaban J connectivity index is 1.24. The maximum Gasteiger partial charge on any atom is 0.416 e. The molecule has 0 radical (unpaired) electrons. The highest BCUT2D eigenvalue weighted by Crippen LogP contribution is 2.61. The second-order valence-electron chi connectivity index (χ2n) is 10.4. The molecule has 1 aliphatic heterocycles. The second-order valence-corrected chi connectivity index (χ2v) is 10.4. The van der Waals surface area contributed by atoms with E-state index in [1.165, 1.54) is 44.6 Å². The highest BCUT2D eigenvalue weighted by atomic mass is 19.4. The highest BCUT2D eigenvalue weighted by molar-refractivity contribution is 5.77. The topological polar surface area (TPSA) is 66.7 Å². The zero-order chi connectivity index (χ0) is 22.7. The van der Waals surface area contributed by atoms with E-state index in [-0.39, 0.29) is 17.0 Å². The van der Waals surface area contributed by atoms with Gasteiger partial charge in [-0.1, -0.05) is 0 Å². The van der Waals surface area contributed by atoms with Gasteiger partial charge in [0.05, 0.1) is 10.5 Å². The molecule has 0 aromatic heterocycles. The van der Waals surface area contributed by atoms with Gasteiger partial charge in [-0.25, -0.2) is 0 Å². The van der Waals surface area contributed by atoms with Gasteiger partial charge in [-0.3, -0.25) is 14.9 Å². The average molecular weight is 451 g/mol. The van der Waals surface area contributed by atoms with Gasteiger partial charge in [0.1, 0.15) is 5.69 Å². The van der Waals surface area contributed by atoms with Gasteiger partial charge < -0.3 is 9.80 Å². The summed E-state index contributed by atoms with van der Waals surface area (Å²) in [6, 6.07) is 2.65. The van der Waals surface area contributed by atoms with E-state index in [1.807, 2.05) is 4.90 Å². The summed E-state index contributed by atoms with van der Waals surface area (Å²) in [5.41, 5.74) is -1.24. The number of alkyl halides is 3. The van der Waals surface area contributed by atoms with Crippen LogP contribution in [0.2, 0.25) is 0 Å². The van der Waals surface area contributed by atoms with Crippen LogP contribution in [0.15, 0.2) is 18.2 Å². The predicted octanol–water partition coefficient (Wildman–Crippen LogP) is 4.87. The van der Waals surface area contributed by atoms with E-state index in [1.54, 1.807) is 4.90 Å². The Labute approximate surface area is 184 Å². The lowest BCUT2D eigenvalue weighted by Gasteiger charge is -2.57. The Morgan fingerprint density at radius 3 is 2.09 bits per heavy atom. The van der Waals surface area contributed by atoms with E-state index in [2.05, 4.69) is 0 Å². The van der Waals surface area contributed by atoms with Crippen LogP contribution in [0.3, 0.4) is 0 Å². The fourth-order valence-electron chi connectivity index (χ4n) is 7.25. The fourth-order valence-corrected chi connectivity index (χ4v) is 7.25. The van der Waals surface area contributed by atoms with Crippen LogP contribution in [0.1, 0.15) is 50.5 Å².